The minimum atomic E-state index is -4.59. The molecule has 0 spiro atoms. The van der Waals surface area contributed by atoms with Crippen LogP contribution in [0.1, 0.15) is 49.7 Å². The van der Waals surface area contributed by atoms with E-state index >= 15 is 0 Å². The Balaban J connectivity index is 0.00000363. The summed E-state index contributed by atoms with van der Waals surface area (Å²) < 4.78 is 51.6. The first-order valence-corrected chi connectivity index (χ1v) is 10.2. The van der Waals surface area contributed by atoms with Crippen LogP contribution >= 0.6 is 12.4 Å². The number of hydrogen-bond acceptors (Lipinski definition) is 4. The van der Waals surface area contributed by atoms with Crippen molar-refractivity contribution in [2.45, 2.75) is 50.7 Å². The van der Waals surface area contributed by atoms with Gasteiger partial charge >= 0.3 is 6.18 Å². The summed E-state index contributed by atoms with van der Waals surface area (Å²) in [5.74, 6) is -2.78. The highest BCUT2D eigenvalue weighted by atomic mass is 35.5. The molecular formula is C21H25ClF4N4O2. The summed E-state index contributed by atoms with van der Waals surface area (Å²) in [5, 5.41) is 13.5. The molecule has 0 aromatic heterocycles. The van der Waals surface area contributed by atoms with Crippen LogP contribution in [0.3, 0.4) is 0 Å². The van der Waals surface area contributed by atoms with Gasteiger partial charge in [0.05, 0.1) is 29.3 Å². The number of benzene rings is 1. The molecule has 4 N–H and O–H groups in total. The molecule has 1 unspecified atom stereocenters. The van der Waals surface area contributed by atoms with Crippen molar-refractivity contribution in [2.24, 2.45) is 23.5 Å². The maximum atomic E-state index is 14.7. The summed E-state index contributed by atoms with van der Waals surface area (Å²) in [4.78, 5) is 24.6. The Morgan fingerprint density at radius 2 is 1.75 bits per heavy atom. The maximum absolute atomic E-state index is 14.7. The van der Waals surface area contributed by atoms with E-state index < -0.39 is 42.3 Å². The van der Waals surface area contributed by atoms with Crippen molar-refractivity contribution >= 4 is 29.9 Å². The van der Waals surface area contributed by atoms with Gasteiger partial charge in [-0.2, -0.15) is 18.4 Å². The quantitative estimate of drug-likeness (QED) is 0.498. The van der Waals surface area contributed by atoms with E-state index in [1.165, 1.54) is 6.92 Å². The van der Waals surface area contributed by atoms with E-state index in [9.17, 15) is 32.4 Å². The van der Waals surface area contributed by atoms with Crippen molar-refractivity contribution in [1.29, 1.82) is 5.26 Å². The van der Waals surface area contributed by atoms with Gasteiger partial charge in [0.2, 0.25) is 11.8 Å². The number of halogens is 5. The van der Waals surface area contributed by atoms with Crippen molar-refractivity contribution in [3.05, 3.63) is 29.1 Å². The molecule has 0 heterocycles. The fourth-order valence-corrected chi connectivity index (χ4v) is 3.95. The zero-order valence-corrected chi connectivity index (χ0v) is 18.2. The number of carbonyl (C=O) groups is 2. The first kappa shape index (κ1) is 25.9. The SMILES string of the molecule is CC(C(=O)NCC(F)(F)F)c1cc(F)c(NC(=O)[C@@H](N)C(C2CC2)C2CC2)cc1C#N.Cl. The predicted molar refractivity (Wildman–Crippen MR) is 111 cm³/mol. The van der Waals surface area contributed by atoms with Crippen LogP contribution in [0.5, 0.6) is 0 Å². The fraction of sp³-hybridized carbons (Fsp3) is 0.571. The lowest BCUT2D eigenvalue weighted by Gasteiger charge is -2.23. The molecule has 1 aromatic rings. The fourth-order valence-electron chi connectivity index (χ4n) is 3.95. The lowest BCUT2D eigenvalue weighted by atomic mass is 9.89. The van der Waals surface area contributed by atoms with Crippen LogP contribution in [0.15, 0.2) is 12.1 Å². The van der Waals surface area contributed by atoms with Gasteiger partial charge in [-0.15, -0.1) is 12.4 Å². The summed E-state index contributed by atoms with van der Waals surface area (Å²) in [6.45, 7) is -0.263. The molecule has 11 heteroatoms. The van der Waals surface area contributed by atoms with Gasteiger partial charge in [-0.1, -0.05) is 0 Å². The normalized spacial score (nSPS) is 17.7. The number of nitriles is 1. The third kappa shape index (κ3) is 6.33. The standard InChI is InChI=1S/C21H24F4N4O2.ClH/c1-10(19(30)28-9-21(23,24)25)14-7-15(22)16(6-13(14)8-26)29-20(31)18(27)17(11-2-3-11)12-4-5-12;/h6-7,10-12,17-18H,2-5,9,27H2,1H3,(H,28,30)(H,29,31);1H/t10?,18-;/m0./s1. The van der Waals surface area contributed by atoms with E-state index in [1.807, 2.05) is 0 Å². The third-order valence-corrected chi connectivity index (χ3v) is 5.89. The Labute approximate surface area is 189 Å². The molecule has 0 saturated heterocycles. The molecule has 2 fully saturated rings. The molecule has 6 nitrogen and oxygen atoms in total. The smallest absolute Gasteiger partial charge is 0.346 e. The lowest BCUT2D eigenvalue weighted by Crippen LogP contribution is -2.44. The number of carbonyl (C=O) groups excluding carboxylic acids is 2. The zero-order chi connectivity index (χ0) is 22.9. The topological polar surface area (TPSA) is 108 Å². The Morgan fingerprint density at radius 1 is 1.19 bits per heavy atom. The van der Waals surface area contributed by atoms with Crippen LogP contribution < -0.4 is 16.4 Å². The van der Waals surface area contributed by atoms with Gasteiger partial charge in [0.25, 0.3) is 0 Å². The summed E-state index contributed by atoms with van der Waals surface area (Å²) in [6.07, 6.45) is -0.489. The Hall–Kier alpha value is -2.38. The molecule has 3 rings (SSSR count). The highest BCUT2D eigenvalue weighted by molar-refractivity contribution is 5.95. The number of alkyl halides is 3. The highest BCUT2D eigenvalue weighted by Crippen LogP contribution is 2.50. The summed E-state index contributed by atoms with van der Waals surface area (Å²) in [6, 6.07) is 2.97. The monoisotopic (exact) mass is 476 g/mol. The van der Waals surface area contributed by atoms with E-state index in [4.69, 9.17) is 5.73 Å². The van der Waals surface area contributed by atoms with Gasteiger partial charge in [-0.3, -0.25) is 9.59 Å². The van der Waals surface area contributed by atoms with Gasteiger partial charge < -0.3 is 16.4 Å². The van der Waals surface area contributed by atoms with Crippen molar-refractivity contribution in [3.8, 4) is 6.07 Å². The summed E-state index contributed by atoms with van der Waals surface area (Å²) in [5.41, 5.74) is 5.70. The highest BCUT2D eigenvalue weighted by Gasteiger charge is 2.46. The number of hydrogen-bond donors (Lipinski definition) is 3. The van der Waals surface area contributed by atoms with Crippen molar-refractivity contribution in [3.63, 3.8) is 0 Å². The van der Waals surface area contributed by atoms with Crippen molar-refractivity contribution in [2.75, 3.05) is 11.9 Å². The lowest BCUT2D eigenvalue weighted by molar-refractivity contribution is -0.139. The van der Waals surface area contributed by atoms with Crippen LogP contribution in [-0.4, -0.2) is 30.6 Å². The van der Waals surface area contributed by atoms with E-state index in [1.54, 1.807) is 11.4 Å². The molecule has 2 atom stereocenters. The van der Waals surface area contributed by atoms with E-state index in [0.717, 1.165) is 37.8 Å². The Bertz CT molecular complexity index is 898. The van der Waals surface area contributed by atoms with Gasteiger partial charge in [0.15, 0.2) is 0 Å². The Kier molecular flexibility index (Phi) is 8.12. The summed E-state index contributed by atoms with van der Waals surface area (Å²) >= 11 is 0. The van der Waals surface area contributed by atoms with E-state index in [2.05, 4.69) is 5.32 Å². The Morgan fingerprint density at radius 3 is 2.22 bits per heavy atom. The van der Waals surface area contributed by atoms with E-state index in [-0.39, 0.29) is 35.1 Å². The second kappa shape index (κ2) is 10.0. The number of nitrogens with two attached hydrogens (primary N) is 1. The van der Waals surface area contributed by atoms with Gasteiger partial charge in [0, 0.05) is 0 Å². The molecule has 0 radical (unpaired) electrons. The second-order valence-corrected chi connectivity index (χ2v) is 8.35. The van der Waals surface area contributed by atoms with Crippen LogP contribution in [0.25, 0.3) is 0 Å². The zero-order valence-electron chi connectivity index (χ0n) is 17.3. The maximum Gasteiger partial charge on any atom is 0.405 e. The molecule has 0 bridgehead atoms. The molecule has 2 aliphatic carbocycles. The molecule has 32 heavy (non-hydrogen) atoms. The van der Waals surface area contributed by atoms with Crippen molar-refractivity contribution in [1.82, 2.24) is 5.32 Å². The average Bonchev–Trinajstić information content (AvgIpc) is 3.61. The van der Waals surface area contributed by atoms with Gasteiger partial charge in [-0.25, -0.2) is 4.39 Å². The molecule has 176 valence electrons. The number of rotatable bonds is 8. The van der Waals surface area contributed by atoms with Crippen LogP contribution in [0, 0.1) is 34.9 Å². The number of nitrogens with zero attached hydrogens (tertiary/aromatic N) is 1. The molecule has 2 aliphatic rings. The average molecular weight is 477 g/mol. The largest absolute Gasteiger partial charge is 0.405 e. The third-order valence-electron chi connectivity index (χ3n) is 5.89. The van der Waals surface area contributed by atoms with Gasteiger partial charge in [-0.05, 0) is 68.1 Å². The van der Waals surface area contributed by atoms with Crippen LogP contribution in [0.4, 0.5) is 23.2 Å². The second-order valence-electron chi connectivity index (χ2n) is 8.35. The molecular weight excluding hydrogens is 452 g/mol. The number of amides is 2. The number of nitrogens with one attached hydrogen (secondary N) is 2. The van der Waals surface area contributed by atoms with Crippen LogP contribution in [-0.2, 0) is 9.59 Å². The molecule has 2 amide bonds. The number of anilines is 1. The molecule has 0 aliphatic heterocycles. The molecule has 1 aromatic carbocycles. The van der Waals surface area contributed by atoms with E-state index in [0.29, 0.717) is 11.8 Å². The van der Waals surface area contributed by atoms with Crippen LogP contribution in [0.2, 0.25) is 0 Å². The first-order valence-electron chi connectivity index (χ1n) is 10.2. The summed E-state index contributed by atoms with van der Waals surface area (Å²) in [7, 11) is 0. The predicted octanol–water partition coefficient (Wildman–Crippen LogP) is 3.60. The first-order chi connectivity index (χ1) is 14.5. The van der Waals surface area contributed by atoms with Gasteiger partial charge in [0.1, 0.15) is 12.4 Å². The van der Waals surface area contributed by atoms with Crippen molar-refractivity contribution < 1.29 is 27.2 Å². The minimum Gasteiger partial charge on any atom is -0.346 e. The molecule has 2 saturated carbocycles. The minimum absolute atomic E-state index is 0.